The van der Waals surface area contributed by atoms with Gasteiger partial charge in [-0.3, -0.25) is 4.55 Å². The van der Waals surface area contributed by atoms with Gasteiger partial charge in [-0.2, -0.15) is 8.42 Å². The van der Waals surface area contributed by atoms with Gasteiger partial charge in [0.15, 0.2) is 0 Å². The van der Waals surface area contributed by atoms with Crippen molar-refractivity contribution in [2.24, 2.45) is 0 Å². The summed E-state index contributed by atoms with van der Waals surface area (Å²) in [4.78, 5) is -0.109. The van der Waals surface area contributed by atoms with Crippen LogP contribution in [0.5, 0.6) is 0 Å². The van der Waals surface area contributed by atoms with Crippen molar-refractivity contribution in [2.45, 2.75) is 18.7 Å². The van der Waals surface area contributed by atoms with Gasteiger partial charge in [0, 0.05) is 10.8 Å². The van der Waals surface area contributed by atoms with E-state index in [9.17, 15) is 13.0 Å². The van der Waals surface area contributed by atoms with E-state index in [-0.39, 0.29) is 4.90 Å². The van der Waals surface area contributed by atoms with Crippen LogP contribution in [0, 0.1) is 13.8 Å². The molecule has 27 heavy (non-hydrogen) atoms. The fourth-order valence-electron chi connectivity index (χ4n) is 4.00. The molecule has 0 aliphatic carbocycles. The van der Waals surface area contributed by atoms with E-state index in [4.69, 9.17) is 4.42 Å². The minimum Gasteiger partial charge on any atom is -0.455 e. The van der Waals surface area contributed by atoms with Gasteiger partial charge in [-0.05, 0) is 70.8 Å². The molecule has 0 unspecified atom stereocenters. The minimum atomic E-state index is -4.25. The van der Waals surface area contributed by atoms with E-state index >= 15 is 0 Å². The van der Waals surface area contributed by atoms with Gasteiger partial charge in [-0.1, -0.05) is 30.3 Å². The summed E-state index contributed by atoms with van der Waals surface area (Å²) >= 11 is 0. The highest BCUT2D eigenvalue weighted by Gasteiger charge is 2.18. The zero-order chi connectivity index (χ0) is 18.9. The number of benzene rings is 4. The van der Waals surface area contributed by atoms with Crippen LogP contribution in [0.2, 0.25) is 0 Å². The highest BCUT2D eigenvalue weighted by Crippen LogP contribution is 2.41. The Hall–Kier alpha value is -2.89. The average molecular weight is 376 g/mol. The highest BCUT2D eigenvalue weighted by atomic mass is 32.2. The van der Waals surface area contributed by atoms with Crippen LogP contribution >= 0.6 is 0 Å². The lowest BCUT2D eigenvalue weighted by atomic mass is 9.96. The van der Waals surface area contributed by atoms with Crippen molar-refractivity contribution in [3.05, 3.63) is 65.7 Å². The predicted octanol–water partition coefficient (Wildman–Crippen LogP) is 5.76. The molecule has 0 radical (unpaired) electrons. The number of hydrogen-bond donors (Lipinski definition) is 1. The Labute approximate surface area is 155 Å². The van der Waals surface area contributed by atoms with Crippen molar-refractivity contribution < 1.29 is 17.4 Å². The molecule has 0 atom stereocenters. The summed E-state index contributed by atoms with van der Waals surface area (Å²) in [5.74, 6) is 0. The summed E-state index contributed by atoms with van der Waals surface area (Å²) in [6.07, 6.45) is 0. The van der Waals surface area contributed by atoms with Gasteiger partial charge in [-0.25, -0.2) is 0 Å². The van der Waals surface area contributed by atoms with Gasteiger partial charge >= 0.3 is 0 Å². The first-order valence-electron chi connectivity index (χ1n) is 8.60. The standard InChI is InChI=1S/C22H16O4S/c1-12-9-14-5-3-4-6-17(14)19-20-18-8-7-16(27(23,24)25)11-15(18)10-13(2)22(20)26-21(12)19/h3-11H,1-2H3,(H,23,24,25). The van der Waals surface area contributed by atoms with Crippen molar-refractivity contribution in [3.8, 4) is 0 Å². The molecular weight excluding hydrogens is 360 g/mol. The van der Waals surface area contributed by atoms with E-state index < -0.39 is 10.1 Å². The van der Waals surface area contributed by atoms with E-state index in [0.29, 0.717) is 0 Å². The Bertz CT molecular complexity index is 1510. The first kappa shape index (κ1) is 16.3. The molecule has 0 fully saturated rings. The van der Waals surface area contributed by atoms with E-state index in [1.807, 2.05) is 32.0 Å². The van der Waals surface area contributed by atoms with Crippen LogP contribution in [0.4, 0.5) is 0 Å². The fourth-order valence-corrected chi connectivity index (χ4v) is 4.51. The molecule has 0 aliphatic heterocycles. The minimum absolute atomic E-state index is 0.109. The van der Waals surface area contributed by atoms with Crippen LogP contribution in [0.1, 0.15) is 11.1 Å². The Morgan fingerprint density at radius 1 is 0.778 bits per heavy atom. The van der Waals surface area contributed by atoms with Crippen molar-refractivity contribution in [1.29, 1.82) is 0 Å². The van der Waals surface area contributed by atoms with Gasteiger partial charge in [-0.15, -0.1) is 0 Å². The molecule has 0 saturated carbocycles. The highest BCUT2D eigenvalue weighted by molar-refractivity contribution is 7.85. The molecule has 0 bridgehead atoms. The maximum Gasteiger partial charge on any atom is 0.294 e. The van der Waals surface area contributed by atoms with Gasteiger partial charge in [0.05, 0.1) is 4.90 Å². The summed E-state index contributed by atoms with van der Waals surface area (Å²) in [5, 5.41) is 5.90. The molecule has 5 heteroatoms. The molecule has 134 valence electrons. The van der Waals surface area contributed by atoms with Crippen LogP contribution in [0.3, 0.4) is 0 Å². The average Bonchev–Trinajstić information content (AvgIpc) is 3.03. The Morgan fingerprint density at radius 2 is 1.37 bits per heavy atom. The maximum absolute atomic E-state index is 11.5. The monoisotopic (exact) mass is 376 g/mol. The molecule has 4 nitrogen and oxygen atoms in total. The smallest absolute Gasteiger partial charge is 0.294 e. The summed E-state index contributed by atoms with van der Waals surface area (Å²) < 4.78 is 38.7. The molecular formula is C22H16O4S. The van der Waals surface area contributed by atoms with E-state index in [1.54, 1.807) is 6.07 Å². The van der Waals surface area contributed by atoms with Crippen LogP contribution in [0.25, 0.3) is 43.5 Å². The lowest BCUT2D eigenvalue weighted by molar-refractivity contribution is 0.483. The number of furan rings is 1. The Kier molecular flexibility index (Phi) is 3.21. The second-order valence-electron chi connectivity index (χ2n) is 6.98. The zero-order valence-electron chi connectivity index (χ0n) is 14.8. The molecule has 5 rings (SSSR count). The molecule has 0 aliphatic rings. The number of hydrogen-bond acceptors (Lipinski definition) is 3. The molecule has 5 aromatic rings. The summed E-state index contributed by atoms with van der Waals surface area (Å²) in [6, 6.07) is 16.9. The van der Waals surface area contributed by atoms with Crippen LogP contribution in [-0.2, 0) is 10.1 Å². The largest absolute Gasteiger partial charge is 0.455 e. The second-order valence-corrected chi connectivity index (χ2v) is 8.40. The Morgan fingerprint density at radius 3 is 2.04 bits per heavy atom. The lowest BCUT2D eigenvalue weighted by Gasteiger charge is -2.06. The van der Waals surface area contributed by atoms with Gasteiger partial charge in [0.1, 0.15) is 11.2 Å². The quantitative estimate of drug-likeness (QED) is 0.378. The number of rotatable bonds is 1. The third-order valence-electron chi connectivity index (χ3n) is 5.19. The normalized spacial score (nSPS) is 12.6. The molecule has 4 aromatic carbocycles. The van der Waals surface area contributed by atoms with E-state index in [0.717, 1.165) is 54.6 Å². The Balaban J connectivity index is 2.08. The predicted molar refractivity (Wildman–Crippen MR) is 108 cm³/mol. The molecule has 1 N–H and O–H groups in total. The molecule has 0 saturated heterocycles. The fraction of sp³-hybridized carbons (Fsp3) is 0.0909. The third-order valence-corrected chi connectivity index (χ3v) is 6.04. The van der Waals surface area contributed by atoms with E-state index in [1.165, 1.54) is 12.1 Å². The van der Waals surface area contributed by atoms with Crippen molar-refractivity contribution in [2.75, 3.05) is 0 Å². The van der Waals surface area contributed by atoms with Crippen molar-refractivity contribution >= 4 is 53.6 Å². The lowest BCUT2D eigenvalue weighted by Crippen LogP contribution is -1.97. The second kappa shape index (κ2) is 5.31. The number of aryl methyl sites for hydroxylation is 2. The SMILES string of the molecule is Cc1cc2ccccc2c2c1oc1c(C)cc3cc(S(=O)(=O)O)ccc3c12. The first-order valence-corrected chi connectivity index (χ1v) is 10.0. The summed E-state index contributed by atoms with van der Waals surface area (Å²) in [6.45, 7) is 3.98. The van der Waals surface area contributed by atoms with Crippen molar-refractivity contribution in [1.82, 2.24) is 0 Å². The first-order chi connectivity index (χ1) is 12.8. The van der Waals surface area contributed by atoms with Crippen LogP contribution < -0.4 is 0 Å². The summed E-state index contributed by atoms with van der Waals surface area (Å²) in [5.41, 5.74) is 3.63. The topological polar surface area (TPSA) is 67.5 Å². The van der Waals surface area contributed by atoms with Crippen LogP contribution in [0.15, 0.2) is 63.9 Å². The van der Waals surface area contributed by atoms with Gasteiger partial charge in [0.25, 0.3) is 10.1 Å². The third kappa shape index (κ3) is 2.29. The number of fused-ring (bicyclic) bond motifs is 7. The molecule has 1 heterocycles. The summed E-state index contributed by atoms with van der Waals surface area (Å²) in [7, 11) is -4.25. The molecule has 0 amide bonds. The molecule has 0 spiro atoms. The van der Waals surface area contributed by atoms with Gasteiger partial charge in [0.2, 0.25) is 0 Å². The molecule has 1 aromatic heterocycles. The van der Waals surface area contributed by atoms with Crippen molar-refractivity contribution in [3.63, 3.8) is 0 Å². The van der Waals surface area contributed by atoms with Gasteiger partial charge < -0.3 is 4.42 Å². The van der Waals surface area contributed by atoms with E-state index in [2.05, 4.69) is 18.2 Å². The maximum atomic E-state index is 11.5. The zero-order valence-corrected chi connectivity index (χ0v) is 15.6. The van der Waals surface area contributed by atoms with Crippen LogP contribution in [-0.4, -0.2) is 13.0 Å².